The Kier molecular flexibility index (Phi) is 5.21. The highest BCUT2D eigenvalue weighted by Crippen LogP contribution is 2.29. The first-order valence-corrected chi connectivity index (χ1v) is 10.6. The molecule has 1 amide bonds. The van der Waals surface area contributed by atoms with E-state index >= 15 is 0 Å². The molecule has 2 aliphatic rings. The highest BCUT2D eigenvalue weighted by Gasteiger charge is 2.35. The highest BCUT2D eigenvalue weighted by molar-refractivity contribution is 5.92. The number of nitrogens with zero attached hydrogens (tertiary/aromatic N) is 8. The molecule has 5 rings (SSSR count). The average molecular weight is 445 g/mol. The Morgan fingerprint density at radius 1 is 1.36 bits per heavy atom. The van der Waals surface area contributed by atoms with Crippen molar-refractivity contribution in [3.05, 3.63) is 71.6 Å². The maximum absolute atomic E-state index is 13.4. The molecule has 3 aromatic heterocycles. The number of imidazole rings is 1. The zero-order valence-electron chi connectivity index (χ0n) is 18.5. The summed E-state index contributed by atoms with van der Waals surface area (Å²) in [6.07, 6.45) is 13.7. The van der Waals surface area contributed by atoms with Gasteiger partial charge in [-0.05, 0) is 32.1 Å². The van der Waals surface area contributed by atoms with Gasteiger partial charge in [0.2, 0.25) is 0 Å². The summed E-state index contributed by atoms with van der Waals surface area (Å²) in [4.78, 5) is 22.7. The van der Waals surface area contributed by atoms with Crippen molar-refractivity contribution in [3.63, 3.8) is 0 Å². The first-order valence-electron chi connectivity index (χ1n) is 10.6. The third kappa shape index (κ3) is 3.77. The molecule has 0 saturated carbocycles. The highest BCUT2D eigenvalue weighted by atomic mass is 16.4. The average Bonchev–Trinajstić information content (AvgIpc) is 3.57. The fourth-order valence-electron chi connectivity index (χ4n) is 3.89. The minimum Gasteiger partial charge on any atom is -0.411 e. The molecule has 0 aliphatic carbocycles. The molecule has 0 saturated heterocycles. The van der Waals surface area contributed by atoms with Crippen molar-refractivity contribution >= 4 is 12.1 Å². The van der Waals surface area contributed by atoms with Gasteiger partial charge in [0.1, 0.15) is 11.7 Å². The third-order valence-corrected chi connectivity index (χ3v) is 5.57. The summed E-state index contributed by atoms with van der Waals surface area (Å²) < 4.78 is 7.29. The summed E-state index contributed by atoms with van der Waals surface area (Å²) in [6.45, 7) is 4.39. The largest absolute Gasteiger partial charge is 0.411 e. The predicted molar refractivity (Wildman–Crippen MR) is 120 cm³/mol. The third-order valence-electron chi connectivity index (χ3n) is 5.57. The second kappa shape index (κ2) is 8.34. The molecule has 0 unspecified atom stereocenters. The van der Waals surface area contributed by atoms with Gasteiger partial charge in [-0.2, -0.15) is 10.2 Å². The standard InChI is InChI=1S/C22H23N9O2/c1-4-15-7-5-6-14(2)31(15)25-12-18-19-16(23-13-24-19)9-11-30(18)22(32)21-27-26-20(33-21)17-8-10-29(3)28-17/h4-8,10,12-13,18H,9,11H2,1-3H3,(H,23,24)/b15-4-,25-12+/t18-/m0/s1. The molecule has 33 heavy (non-hydrogen) atoms. The first kappa shape index (κ1) is 20.6. The van der Waals surface area contributed by atoms with Gasteiger partial charge in [-0.3, -0.25) is 9.48 Å². The monoisotopic (exact) mass is 445 g/mol. The van der Waals surface area contributed by atoms with E-state index in [9.17, 15) is 4.79 Å². The van der Waals surface area contributed by atoms with Gasteiger partial charge in [0.25, 0.3) is 5.89 Å². The Morgan fingerprint density at radius 2 is 2.24 bits per heavy atom. The summed E-state index contributed by atoms with van der Waals surface area (Å²) in [6, 6.07) is 1.25. The van der Waals surface area contributed by atoms with Crippen molar-refractivity contribution in [1.82, 2.24) is 39.9 Å². The molecule has 2 aliphatic heterocycles. The lowest BCUT2D eigenvalue weighted by Gasteiger charge is -2.32. The molecular weight excluding hydrogens is 422 g/mol. The second-order valence-electron chi connectivity index (χ2n) is 7.70. The van der Waals surface area contributed by atoms with Crippen LogP contribution < -0.4 is 0 Å². The minimum absolute atomic E-state index is 0.0980. The lowest BCUT2D eigenvalue weighted by atomic mass is 10.0. The summed E-state index contributed by atoms with van der Waals surface area (Å²) in [5, 5.41) is 18.7. The van der Waals surface area contributed by atoms with E-state index in [2.05, 4.69) is 25.3 Å². The van der Waals surface area contributed by atoms with Gasteiger partial charge in [-0.1, -0.05) is 12.2 Å². The molecule has 0 radical (unpaired) electrons. The zero-order valence-corrected chi connectivity index (χ0v) is 18.5. The van der Waals surface area contributed by atoms with E-state index in [0.717, 1.165) is 22.8 Å². The van der Waals surface area contributed by atoms with Crippen LogP contribution in [0.15, 0.2) is 63.8 Å². The molecule has 5 heterocycles. The van der Waals surface area contributed by atoms with Crippen LogP contribution in [0, 0.1) is 0 Å². The number of hydrogen-bond donors (Lipinski definition) is 1. The van der Waals surface area contributed by atoms with Crippen molar-refractivity contribution in [2.45, 2.75) is 26.3 Å². The SMILES string of the molecule is C/C=C1/C=CC=C(C)N1/N=C/[C@H]1c2nc[nH]c2CCN1C(=O)c1nnc(-c2ccn(C)n2)o1. The van der Waals surface area contributed by atoms with Crippen molar-refractivity contribution in [1.29, 1.82) is 0 Å². The van der Waals surface area contributed by atoms with Gasteiger partial charge < -0.3 is 14.3 Å². The van der Waals surface area contributed by atoms with E-state index in [1.165, 1.54) is 0 Å². The lowest BCUT2D eigenvalue weighted by Crippen LogP contribution is -2.41. The summed E-state index contributed by atoms with van der Waals surface area (Å²) >= 11 is 0. The molecular formula is C22H23N9O2. The Bertz CT molecular complexity index is 1310. The number of aromatic amines is 1. The number of nitrogens with one attached hydrogen (secondary N) is 1. The number of carbonyl (C=O) groups excluding carboxylic acids is 1. The molecule has 0 aromatic carbocycles. The number of amides is 1. The molecule has 0 spiro atoms. The normalized spacial score (nSPS) is 19.4. The van der Waals surface area contributed by atoms with Crippen LogP contribution in [-0.4, -0.2) is 58.5 Å². The number of aromatic nitrogens is 6. The van der Waals surface area contributed by atoms with Crippen molar-refractivity contribution < 1.29 is 9.21 Å². The Balaban J connectivity index is 1.45. The summed E-state index contributed by atoms with van der Waals surface area (Å²) in [5.74, 6) is -0.286. The minimum atomic E-state index is -0.491. The van der Waals surface area contributed by atoms with Crippen LogP contribution in [0.1, 0.15) is 42.0 Å². The van der Waals surface area contributed by atoms with E-state index < -0.39 is 6.04 Å². The van der Waals surface area contributed by atoms with Gasteiger partial charge in [0, 0.05) is 37.6 Å². The smallest absolute Gasteiger partial charge is 0.312 e. The van der Waals surface area contributed by atoms with E-state index in [0.29, 0.717) is 18.7 Å². The topological polar surface area (TPSA) is 121 Å². The van der Waals surface area contributed by atoms with Gasteiger partial charge in [0.05, 0.1) is 23.9 Å². The van der Waals surface area contributed by atoms with Crippen LogP contribution in [0.25, 0.3) is 11.6 Å². The maximum Gasteiger partial charge on any atom is 0.312 e. The number of hydrogen-bond acceptors (Lipinski definition) is 8. The van der Waals surface area contributed by atoms with Crippen LogP contribution in [0.2, 0.25) is 0 Å². The summed E-state index contributed by atoms with van der Waals surface area (Å²) in [5.41, 5.74) is 4.15. The molecule has 0 fully saturated rings. The number of H-pyrrole nitrogens is 1. The quantitative estimate of drug-likeness (QED) is 0.613. The second-order valence-corrected chi connectivity index (χ2v) is 7.70. The Morgan fingerprint density at radius 3 is 3.03 bits per heavy atom. The van der Waals surface area contributed by atoms with Crippen LogP contribution in [0.5, 0.6) is 0 Å². The van der Waals surface area contributed by atoms with Gasteiger partial charge in [-0.15, -0.1) is 10.2 Å². The molecule has 11 heteroatoms. The molecule has 11 nitrogen and oxygen atoms in total. The van der Waals surface area contributed by atoms with E-state index in [1.54, 1.807) is 41.4 Å². The fraction of sp³-hybridized carbons (Fsp3) is 0.273. The van der Waals surface area contributed by atoms with Crippen LogP contribution in [-0.2, 0) is 13.5 Å². The number of allylic oxidation sites excluding steroid dienone is 5. The van der Waals surface area contributed by atoms with Crippen molar-refractivity contribution in [2.24, 2.45) is 12.1 Å². The lowest BCUT2D eigenvalue weighted by molar-refractivity contribution is 0.0672. The van der Waals surface area contributed by atoms with Crippen molar-refractivity contribution in [3.8, 4) is 11.6 Å². The Hall–Kier alpha value is -4.28. The molecule has 0 bridgehead atoms. The number of carbonyl (C=O) groups is 1. The maximum atomic E-state index is 13.4. The Labute approximate surface area is 189 Å². The number of rotatable bonds is 4. The fourth-order valence-corrected chi connectivity index (χ4v) is 3.89. The molecule has 1 N–H and O–H groups in total. The number of hydrazone groups is 1. The van der Waals surface area contributed by atoms with Gasteiger partial charge in [0.15, 0.2) is 0 Å². The van der Waals surface area contributed by atoms with Gasteiger partial charge >= 0.3 is 11.8 Å². The molecule has 1 atom stereocenters. The summed E-state index contributed by atoms with van der Waals surface area (Å²) in [7, 11) is 1.79. The molecule has 3 aromatic rings. The van der Waals surface area contributed by atoms with Crippen LogP contribution in [0.3, 0.4) is 0 Å². The predicted octanol–water partition coefficient (Wildman–Crippen LogP) is 2.60. The van der Waals surface area contributed by atoms with E-state index in [1.807, 2.05) is 43.2 Å². The van der Waals surface area contributed by atoms with Gasteiger partial charge in [-0.25, -0.2) is 9.99 Å². The van der Waals surface area contributed by atoms with E-state index in [-0.39, 0.29) is 17.7 Å². The van der Waals surface area contributed by atoms with Crippen molar-refractivity contribution in [2.75, 3.05) is 6.54 Å². The van der Waals surface area contributed by atoms with Crippen LogP contribution in [0.4, 0.5) is 0 Å². The first-order chi connectivity index (χ1) is 16.0. The number of fused-ring (bicyclic) bond motifs is 1. The van der Waals surface area contributed by atoms with E-state index in [4.69, 9.17) is 9.52 Å². The number of aryl methyl sites for hydroxylation is 1. The zero-order chi connectivity index (χ0) is 22.9. The molecule has 168 valence electrons. The van der Waals surface area contributed by atoms with Crippen LogP contribution >= 0.6 is 0 Å².